The highest BCUT2D eigenvalue weighted by Gasteiger charge is 2.43. The first-order valence-electron chi connectivity index (χ1n) is 6.99. The van der Waals surface area contributed by atoms with Gasteiger partial charge in [-0.15, -0.1) is 0 Å². The lowest BCUT2D eigenvalue weighted by molar-refractivity contribution is -0.152. The van der Waals surface area contributed by atoms with Crippen LogP contribution in [0.15, 0.2) is 0 Å². The Labute approximate surface area is 118 Å². The zero-order valence-electron chi connectivity index (χ0n) is 12.1. The highest BCUT2D eigenvalue weighted by Crippen LogP contribution is 2.30. The molecule has 0 aliphatic carbocycles. The minimum Gasteiger partial charge on any atom is -0.359 e. The molecule has 2 heterocycles. The summed E-state index contributed by atoms with van der Waals surface area (Å²) in [5, 5.41) is 5.76. The third-order valence-corrected chi connectivity index (χ3v) is 4.12. The fourth-order valence-electron chi connectivity index (χ4n) is 2.76. The van der Waals surface area contributed by atoms with Gasteiger partial charge in [-0.05, 0) is 13.3 Å². The van der Waals surface area contributed by atoms with Gasteiger partial charge in [0.05, 0.1) is 5.41 Å². The van der Waals surface area contributed by atoms with Crippen LogP contribution in [0.2, 0.25) is 0 Å². The largest absolute Gasteiger partial charge is 0.359 e. The van der Waals surface area contributed by atoms with Crippen molar-refractivity contribution in [3.63, 3.8) is 0 Å². The average Bonchev–Trinajstić information content (AvgIpc) is 2.89. The second-order valence-electron chi connectivity index (χ2n) is 5.66. The van der Waals surface area contributed by atoms with Crippen LogP contribution in [-0.2, 0) is 14.4 Å². The molecule has 20 heavy (non-hydrogen) atoms. The van der Waals surface area contributed by atoms with Gasteiger partial charge < -0.3 is 20.4 Å². The normalized spacial score (nSPS) is 26.5. The molecule has 0 aromatic rings. The van der Waals surface area contributed by atoms with E-state index in [1.807, 2.05) is 6.92 Å². The summed E-state index contributed by atoms with van der Waals surface area (Å²) in [6, 6.07) is 0. The highest BCUT2D eigenvalue weighted by molar-refractivity contribution is 6.35. The Morgan fingerprint density at radius 1 is 1.05 bits per heavy atom. The van der Waals surface area contributed by atoms with E-state index < -0.39 is 17.2 Å². The molecule has 0 spiro atoms. The summed E-state index contributed by atoms with van der Waals surface area (Å²) < 4.78 is 0. The third-order valence-electron chi connectivity index (χ3n) is 4.12. The maximum Gasteiger partial charge on any atom is 0.312 e. The lowest BCUT2D eigenvalue weighted by Crippen LogP contribution is -2.52. The highest BCUT2D eigenvalue weighted by atomic mass is 16.2. The molecule has 0 bridgehead atoms. The van der Waals surface area contributed by atoms with E-state index in [9.17, 15) is 14.4 Å². The number of carbonyl (C=O) groups excluding carboxylic acids is 3. The number of likely N-dealkylation sites (tertiary alicyclic amines) is 1. The van der Waals surface area contributed by atoms with Gasteiger partial charge in [0.15, 0.2) is 0 Å². The predicted octanol–water partition coefficient (Wildman–Crippen LogP) is -1.60. The summed E-state index contributed by atoms with van der Waals surface area (Å²) in [7, 11) is 1.59. The minimum absolute atomic E-state index is 0.0811. The Kier molecular flexibility index (Phi) is 4.27. The van der Waals surface area contributed by atoms with E-state index in [1.165, 1.54) is 4.90 Å². The zero-order chi connectivity index (χ0) is 14.8. The van der Waals surface area contributed by atoms with Crippen LogP contribution in [0.5, 0.6) is 0 Å². The van der Waals surface area contributed by atoms with E-state index in [-0.39, 0.29) is 5.91 Å². The van der Waals surface area contributed by atoms with Crippen molar-refractivity contribution in [1.82, 2.24) is 20.4 Å². The second-order valence-corrected chi connectivity index (χ2v) is 5.66. The SMILES string of the molecule is CNC(=O)C1(C)CCN(C(=O)C(=O)N2CCNCC2)C1. The minimum atomic E-state index is -0.589. The van der Waals surface area contributed by atoms with Crippen LogP contribution in [0.4, 0.5) is 0 Å². The van der Waals surface area contributed by atoms with Crippen LogP contribution in [0.25, 0.3) is 0 Å². The van der Waals surface area contributed by atoms with Crippen LogP contribution in [-0.4, -0.2) is 73.8 Å². The molecule has 2 rings (SSSR count). The molecule has 2 aliphatic rings. The maximum atomic E-state index is 12.2. The quantitative estimate of drug-likeness (QED) is 0.568. The van der Waals surface area contributed by atoms with Gasteiger partial charge in [0.1, 0.15) is 0 Å². The molecule has 1 unspecified atom stereocenters. The first-order chi connectivity index (χ1) is 9.48. The Bertz CT molecular complexity index is 420. The van der Waals surface area contributed by atoms with Crippen LogP contribution in [0.3, 0.4) is 0 Å². The number of piperazine rings is 1. The Balaban J connectivity index is 1.97. The Morgan fingerprint density at radius 3 is 2.25 bits per heavy atom. The van der Waals surface area contributed by atoms with Crippen molar-refractivity contribution in [2.24, 2.45) is 5.41 Å². The number of nitrogens with one attached hydrogen (secondary N) is 2. The van der Waals surface area contributed by atoms with Gasteiger partial charge in [0.25, 0.3) is 0 Å². The fourth-order valence-corrected chi connectivity index (χ4v) is 2.76. The molecule has 2 saturated heterocycles. The molecule has 0 aromatic carbocycles. The van der Waals surface area contributed by atoms with Crippen molar-refractivity contribution >= 4 is 17.7 Å². The van der Waals surface area contributed by atoms with E-state index in [4.69, 9.17) is 0 Å². The molecule has 0 radical (unpaired) electrons. The van der Waals surface area contributed by atoms with Crippen LogP contribution in [0.1, 0.15) is 13.3 Å². The topological polar surface area (TPSA) is 81.8 Å². The molecule has 0 saturated carbocycles. The summed E-state index contributed by atoms with van der Waals surface area (Å²) in [4.78, 5) is 39.3. The smallest absolute Gasteiger partial charge is 0.312 e. The predicted molar refractivity (Wildman–Crippen MR) is 72.8 cm³/mol. The second kappa shape index (κ2) is 5.78. The van der Waals surface area contributed by atoms with Crippen LogP contribution >= 0.6 is 0 Å². The summed E-state index contributed by atoms with van der Waals surface area (Å²) >= 11 is 0. The van der Waals surface area contributed by atoms with Gasteiger partial charge in [-0.3, -0.25) is 14.4 Å². The monoisotopic (exact) mass is 282 g/mol. The van der Waals surface area contributed by atoms with Gasteiger partial charge in [0, 0.05) is 46.3 Å². The van der Waals surface area contributed by atoms with Crippen LogP contribution < -0.4 is 10.6 Å². The fraction of sp³-hybridized carbons (Fsp3) is 0.769. The Morgan fingerprint density at radius 2 is 1.65 bits per heavy atom. The van der Waals surface area contributed by atoms with Crippen molar-refractivity contribution in [3.05, 3.63) is 0 Å². The standard InChI is InChI=1S/C13H22N4O3/c1-13(12(20)14-2)3-6-17(9-13)11(19)10(18)16-7-4-15-5-8-16/h15H,3-9H2,1-2H3,(H,14,20). The summed E-state index contributed by atoms with van der Waals surface area (Å²) in [5.74, 6) is -1.02. The molecule has 112 valence electrons. The van der Waals surface area contributed by atoms with E-state index in [1.54, 1.807) is 11.9 Å². The van der Waals surface area contributed by atoms with Gasteiger partial charge in [-0.2, -0.15) is 0 Å². The lowest BCUT2D eigenvalue weighted by Gasteiger charge is -2.29. The molecular formula is C13H22N4O3. The molecule has 3 amide bonds. The first kappa shape index (κ1) is 14.8. The van der Waals surface area contributed by atoms with E-state index >= 15 is 0 Å². The number of hydrogen-bond acceptors (Lipinski definition) is 4. The van der Waals surface area contributed by atoms with E-state index in [0.717, 1.165) is 13.1 Å². The lowest BCUT2D eigenvalue weighted by atomic mass is 9.89. The molecule has 7 nitrogen and oxygen atoms in total. The third kappa shape index (κ3) is 2.77. The summed E-state index contributed by atoms with van der Waals surface area (Å²) in [5.41, 5.74) is -0.589. The van der Waals surface area contributed by atoms with Gasteiger partial charge >= 0.3 is 11.8 Å². The molecular weight excluding hydrogens is 260 g/mol. The van der Waals surface area contributed by atoms with E-state index in [0.29, 0.717) is 32.6 Å². The summed E-state index contributed by atoms with van der Waals surface area (Å²) in [6.07, 6.45) is 0.591. The first-order valence-corrected chi connectivity index (χ1v) is 6.99. The number of nitrogens with zero attached hydrogens (tertiary/aromatic N) is 2. The average molecular weight is 282 g/mol. The molecule has 2 fully saturated rings. The molecule has 7 heteroatoms. The van der Waals surface area contributed by atoms with Gasteiger partial charge in [-0.25, -0.2) is 0 Å². The van der Waals surface area contributed by atoms with Crippen molar-refractivity contribution in [2.45, 2.75) is 13.3 Å². The van der Waals surface area contributed by atoms with E-state index in [2.05, 4.69) is 10.6 Å². The number of rotatable bonds is 1. The molecule has 0 aromatic heterocycles. The van der Waals surface area contributed by atoms with Crippen molar-refractivity contribution in [1.29, 1.82) is 0 Å². The Hall–Kier alpha value is -1.63. The van der Waals surface area contributed by atoms with Crippen molar-refractivity contribution < 1.29 is 14.4 Å². The van der Waals surface area contributed by atoms with Crippen molar-refractivity contribution in [2.75, 3.05) is 46.3 Å². The van der Waals surface area contributed by atoms with Gasteiger partial charge in [0.2, 0.25) is 5.91 Å². The number of hydrogen-bond donors (Lipinski definition) is 2. The summed E-state index contributed by atoms with van der Waals surface area (Å²) in [6.45, 7) is 5.15. The van der Waals surface area contributed by atoms with Crippen LogP contribution in [0, 0.1) is 5.41 Å². The van der Waals surface area contributed by atoms with Crippen molar-refractivity contribution in [3.8, 4) is 0 Å². The zero-order valence-corrected chi connectivity index (χ0v) is 12.1. The molecule has 1 atom stereocenters. The number of carbonyl (C=O) groups is 3. The molecule has 2 aliphatic heterocycles. The van der Waals surface area contributed by atoms with Gasteiger partial charge in [-0.1, -0.05) is 0 Å². The maximum absolute atomic E-state index is 12.2. The number of amides is 3. The molecule has 2 N–H and O–H groups in total.